The molecule has 1 amide bonds. The van der Waals surface area contributed by atoms with Gasteiger partial charge in [-0.2, -0.15) is 18.2 Å². The first kappa shape index (κ1) is 22.3. The maximum absolute atomic E-state index is 13.1. The van der Waals surface area contributed by atoms with Crippen LogP contribution in [0.1, 0.15) is 41.9 Å². The molecule has 2 aromatic rings. The molecule has 1 fully saturated rings. The zero-order valence-corrected chi connectivity index (χ0v) is 17.4. The van der Waals surface area contributed by atoms with E-state index in [0.717, 1.165) is 17.7 Å². The summed E-state index contributed by atoms with van der Waals surface area (Å²) < 4.78 is 49.3. The van der Waals surface area contributed by atoms with Crippen LogP contribution in [0.4, 0.5) is 18.2 Å². The van der Waals surface area contributed by atoms with Crippen LogP contribution in [0.5, 0.6) is 0 Å². The molecule has 0 spiro atoms. The van der Waals surface area contributed by atoms with Gasteiger partial charge in [-0.05, 0) is 24.8 Å². The summed E-state index contributed by atoms with van der Waals surface area (Å²) in [5.41, 5.74) is 0.980. The lowest BCUT2D eigenvalue weighted by Crippen LogP contribution is -2.31. The van der Waals surface area contributed by atoms with Gasteiger partial charge in [0.15, 0.2) is 0 Å². The first-order valence-corrected chi connectivity index (χ1v) is 10.7. The molecule has 0 saturated heterocycles. The number of alkyl halides is 3. The van der Waals surface area contributed by atoms with Gasteiger partial charge in [-0.3, -0.25) is 4.79 Å². The summed E-state index contributed by atoms with van der Waals surface area (Å²) in [7, 11) is 0. The summed E-state index contributed by atoms with van der Waals surface area (Å²) in [6, 6.07) is 0. The van der Waals surface area contributed by atoms with Crippen LogP contribution >= 0.6 is 11.3 Å². The maximum atomic E-state index is 13.1. The van der Waals surface area contributed by atoms with Crippen LogP contribution in [0.15, 0.2) is 4.52 Å². The highest BCUT2D eigenvalue weighted by atomic mass is 32.1. The number of rotatable bonds is 3. The molecule has 8 nitrogen and oxygen atoms in total. The monoisotopic (exact) mass is 469 g/mol. The Hall–Kier alpha value is -2.91. The lowest BCUT2D eigenvalue weighted by molar-refractivity contribution is -0.146. The van der Waals surface area contributed by atoms with Crippen molar-refractivity contribution in [1.29, 1.82) is 0 Å². The van der Waals surface area contributed by atoms with Crippen molar-refractivity contribution in [2.45, 2.75) is 44.9 Å². The fourth-order valence-corrected chi connectivity index (χ4v) is 5.14. The second kappa shape index (κ2) is 8.91. The Morgan fingerprint density at radius 1 is 1.25 bits per heavy atom. The number of carbonyl (C=O) groups is 2. The third-order valence-electron chi connectivity index (χ3n) is 5.42. The van der Waals surface area contributed by atoms with E-state index in [2.05, 4.69) is 27.3 Å². The van der Waals surface area contributed by atoms with Gasteiger partial charge in [0.2, 0.25) is 5.91 Å². The first-order valence-electron chi connectivity index (χ1n) is 9.93. The van der Waals surface area contributed by atoms with E-state index in [-0.39, 0.29) is 24.0 Å². The number of nitrogens with zero attached hydrogens (tertiary/aromatic N) is 2. The molecule has 1 saturated carbocycles. The van der Waals surface area contributed by atoms with Crippen molar-refractivity contribution >= 4 is 28.2 Å². The smallest absolute Gasteiger partial charge is 0.455 e. The minimum absolute atomic E-state index is 0.263. The van der Waals surface area contributed by atoms with Gasteiger partial charge >= 0.3 is 12.1 Å². The van der Waals surface area contributed by atoms with Gasteiger partial charge in [-0.1, -0.05) is 23.9 Å². The SMILES string of the molecule is O=C(O)C#CC1CCCCC1C(=O)Nc1sc2c(c1-c1nc(C(F)(F)F)no1)CCOC2. The van der Waals surface area contributed by atoms with Gasteiger partial charge in [0.05, 0.1) is 24.7 Å². The van der Waals surface area contributed by atoms with Gasteiger partial charge in [0.1, 0.15) is 5.00 Å². The average molecular weight is 469 g/mol. The molecule has 3 heterocycles. The number of hydrogen-bond acceptors (Lipinski definition) is 7. The minimum atomic E-state index is -4.76. The van der Waals surface area contributed by atoms with Crippen molar-refractivity contribution < 1.29 is 37.1 Å². The first-order chi connectivity index (χ1) is 15.2. The van der Waals surface area contributed by atoms with Crippen LogP contribution in [-0.4, -0.2) is 33.7 Å². The van der Waals surface area contributed by atoms with Crippen molar-refractivity contribution in [3.63, 3.8) is 0 Å². The zero-order valence-electron chi connectivity index (χ0n) is 16.6. The van der Waals surface area contributed by atoms with E-state index in [1.54, 1.807) is 0 Å². The summed E-state index contributed by atoms with van der Waals surface area (Å²) in [4.78, 5) is 28.2. The normalized spacial score (nSPS) is 20.7. The Balaban J connectivity index is 1.66. The molecule has 1 aliphatic heterocycles. The number of carboxylic acids is 1. The van der Waals surface area contributed by atoms with Crippen LogP contribution in [0.3, 0.4) is 0 Å². The third-order valence-corrected chi connectivity index (χ3v) is 6.54. The van der Waals surface area contributed by atoms with E-state index in [1.165, 1.54) is 11.3 Å². The molecule has 12 heteroatoms. The lowest BCUT2D eigenvalue weighted by atomic mass is 9.79. The van der Waals surface area contributed by atoms with Crippen molar-refractivity contribution in [2.75, 3.05) is 11.9 Å². The number of aliphatic carboxylic acids is 1. The molecule has 2 aromatic heterocycles. The predicted molar refractivity (Wildman–Crippen MR) is 105 cm³/mol. The lowest BCUT2D eigenvalue weighted by Gasteiger charge is -2.26. The molecular weight excluding hydrogens is 451 g/mol. The predicted octanol–water partition coefficient (Wildman–Crippen LogP) is 3.72. The van der Waals surface area contributed by atoms with Crippen molar-refractivity contribution in [1.82, 2.24) is 10.1 Å². The van der Waals surface area contributed by atoms with E-state index < -0.39 is 29.8 Å². The van der Waals surface area contributed by atoms with Gasteiger partial charge in [0.25, 0.3) is 11.7 Å². The van der Waals surface area contributed by atoms with Crippen LogP contribution in [0.25, 0.3) is 11.5 Å². The third kappa shape index (κ3) is 4.63. The highest BCUT2D eigenvalue weighted by Crippen LogP contribution is 2.44. The highest BCUT2D eigenvalue weighted by Gasteiger charge is 2.39. The Labute approximate surface area is 184 Å². The second-order valence-corrected chi connectivity index (χ2v) is 8.60. The average Bonchev–Trinajstić information content (AvgIpc) is 3.36. The molecule has 0 aromatic carbocycles. The van der Waals surface area contributed by atoms with Crippen LogP contribution in [0, 0.1) is 23.7 Å². The highest BCUT2D eigenvalue weighted by molar-refractivity contribution is 7.17. The molecule has 2 atom stereocenters. The van der Waals surface area contributed by atoms with Crippen molar-refractivity contribution in [3.8, 4) is 23.3 Å². The van der Waals surface area contributed by atoms with Gasteiger partial charge in [-0.25, -0.2) is 4.79 Å². The maximum Gasteiger partial charge on any atom is 0.455 e. The van der Waals surface area contributed by atoms with Gasteiger partial charge < -0.3 is 19.7 Å². The van der Waals surface area contributed by atoms with Gasteiger partial charge in [0, 0.05) is 16.7 Å². The van der Waals surface area contributed by atoms with E-state index in [4.69, 9.17) is 14.4 Å². The molecule has 4 rings (SSSR count). The van der Waals surface area contributed by atoms with E-state index in [0.29, 0.717) is 36.4 Å². The largest absolute Gasteiger partial charge is 0.472 e. The molecule has 32 heavy (non-hydrogen) atoms. The number of aromatic nitrogens is 2. The number of hydrogen-bond donors (Lipinski definition) is 2. The summed E-state index contributed by atoms with van der Waals surface area (Å²) in [5.74, 6) is 0.450. The number of fused-ring (bicyclic) bond motifs is 1. The molecule has 2 aliphatic rings. The number of thiophene rings is 1. The summed E-state index contributed by atoms with van der Waals surface area (Å²) in [6.07, 6.45) is -1.57. The summed E-state index contributed by atoms with van der Waals surface area (Å²) in [5, 5.41) is 15.0. The number of carbonyl (C=O) groups excluding carboxylic acids is 1. The molecule has 0 bridgehead atoms. The molecule has 2 unspecified atom stereocenters. The Kier molecular flexibility index (Phi) is 6.21. The number of halogens is 3. The molecule has 170 valence electrons. The zero-order chi connectivity index (χ0) is 22.9. The topological polar surface area (TPSA) is 115 Å². The van der Waals surface area contributed by atoms with Crippen molar-refractivity contribution in [2.24, 2.45) is 11.8 Å². The molecular formula is C20H18F3N3O5S. The summed E-state index contributed by atoms with van der Waals surface area (Å²) in [6.45, 7) is 0.638. The Morgan fingerprint density at radius 3 is 2.75 bits per heavy atom. The standard InChI is InChI=1S/C20H18F3N3O5S/c21-20(22,23)19-25-17(31-26-19)15-12-7-8-30-9-13(12)32-18(15)24-16(29)11-4-2-1-3-10(11)5-6-14(27)28/h10-11H,1-4,7-9H2,(H,24,29)(H,27,28). The van der Waals surface area contributed by atoms with E-state index >= 15 is 0 Å². The number of nitrogens with one attached hydrogen (secondary N) is 1. The van der Waals surface area contributed by atoms with Gasteiger partial charge in [-0.15, -0.1) is 11.3 Å². The number of ether oxygens (including phenoxy) is 1. The van der Waals surface area contributed by atoms with E-state index in [9.17, 15) is 22.8 Å². The Bertz CT molecular complexity index is 1100. The molecule has 0 radical (unpaired) electrons. The van der Waals surface area contributed by atoms with Crippen LogP contribution in [0.2, 0.25) is 0 Å². The number of amides is 1. The minimum Gasteiger partial charge on any atom is -0.472 e. The van der Waals surface area contributed by atoms with Crippen LogP contribution in [-0.2, 0) is 33.5 Å². The molecule has 1 aliphatic carbocycles. The fourth-order valence-electron chi connectivity index (χ4n) is 3.96. The van der Waals surface area contributed by atoms with Crippen LogP contribution < -0.4 is 5.32 Å². The molecule has 2 N–H and O–H groups in total. The second-order valence-electron chi connectivity index (χ2n) is 7.49. The van der Waals surface area contributed by atoms with Crippen molar-refractivity contribution in [3.05, 3.63) is 16.3 Å². The number of anilines is 1. The Morgan fingerprint density at radius 2 is 2.03 bits per heavy atom. The summed E-state index contributed by atoms with van der Waals surface area (Å²) >= 11 is 1.19. The van der Waals surface area contributed by atoms with E-state index in [1.807, 2.05) is 0 Å². The fraction of sp³-hybridized carbons (Fsp3) is 0.500. The quantitative estimate of drug-likeness (QED) is 0.659. The number of carboxylic acid groups (broad SMARTS) is 1.